The molecule has 4 heterocycles. The predicted octanol–water partition coefficient (Wildman–Crippen LogP) is 3.31. The van der Waals surface area contributed by atoms with Crippen molar-refractivity contribution in [3.05, 3.63) is 89.2 Å². The number of aryl methyl sites for hydroxylation is 1. The summed E-state index contributed by atoms with van der Waals surface area (Å²) in [5.41, 5.74) is 5.13. The summed E-state index contributed by atoms with van der Waals surface area (Å²) >= 11 is 6.09. The monoisotopic (exact) mass is 403 g/mol. The van der Waals surface area contributed by atoms with E-state index in [0.29, 0.717) is 18.8 Å². The van der Waals surface area contributed by atoms with Crippen LogP contribution in [0.2, 0.25) is 0 Å². The molecule has 6 heteroatoms. The number of aromatic amines is 1. The van der Waals surface area contributed by atoms with Crippen molar-refractivity contribution in [1.82, 2.24) is 24.7 Å². The standard InChI is InChI=1S/C23H22ClN5/c1-3-6-19(17-13-27-29(14-17)15-18-7-4-5-11-26-18)23-20(8-10-24)21-9-12-25-16(2)22(21)28-23/h3-5,7-9,11-14,28H,1,6,10,15H2,2H3/b20-8-,23-19-. The summed E-state index contributed by atoms with van der Waals surface area (Å²) in [5, 5.41) is 7.80. The number of nitrogens with one attached hydrogen (secondary N) is 1. The number of hydrogen-bond donors (Lipinski definition) is 1. The third-order valence-corrected chi connectivity index (χ3v) is 5.07. The van der Waals surface area contributed by atoms with Gasteiger partial charge in [0.2, 0.25) is 0 Å². The molecule has 0 aliphatic carbocycles. The van der Waals surface area contributed by atoms with Gasteiger partial charge in [0.1, 0.15) is 0 Å². The van der Waals surface area contributed by atoms with Crippen LogP contribution < -0.4 is 10.6 Å². The van der Waals surface area contributed by atoms with E-state index < -0.39 is 0 Å². The van der Waals surface area contributed by atoms with Gasteiger partial charge in [-0.05, 0) is 37.1 Å². The summed E-state index contributed by atoms with van der Waals surface area (Å²) in [5.74, 6) is 0.432. The van der Waals surface area contributed by atoms with Crippen LogP contribution in [-0.4, -0.2) is 30.6 Å². The third-order valence-electron chi connectivity index (χ3n) is 4.91. The Morgan fingerprint density at radius 3 is 2.90 bits per heavy atom. The molecule has 4 aromatic heterocycles. The molecule has 0 fully saturated rings. The molecule has 0 atom stereocenters. The van der Waals surface area contributed by atoms with Gasteiger partial charge >= 0.3 is 0 Å². The van der Waals surface area contributed by atoms with Crippen LogP contribution >= 0.6 is 11.6 Å². The van der Waals surface area contributed by atoms with Crippen LogP contribution in [-0.2, 0) is 6.54 Å². The van der Waals surface area contributed by atoms with E-state index in [1.807, 2.05) is 60.4 Å². The molecular weight excluding hydrogens is 382 g/mol. The van der Waals surface area contributed by atoms with Crippen molar-refractivity contribution in [3.63, 3.8) is 0 Å². The van der Waals surface area contributed by atoms with Gasteiger partial charge in [0.15, 0.2) is 0 Å². The van der Waals surface area contributed by atoms with Gasteiger partial charge in [0.25, 0.3) is 0 Å². The van der Waals surface area contributed by atoms with Crippen molar-refractivity contribution in [3.8, 4) is 0 Å². The second kappa shape index (κ2) is 8.45. The first-order valence-electron chi connectivity index (χ1n) is 9.47. The molecule has 0 aliphatic rings. The largest absolute Gasteiger partial charge is 0.353 e. The summed E-state index contributed by atoms with van der Waals surface area (Å²) in [6.45, 7) is 6.58. The minimum absolute atomic E-state index is 0.432. The Labute approximate surface area is 174 Å². The van der Waals surface area contributed by atoms with Gasteiger partial charge in [0.05, 0.1) is 35.0 Å². The second-order valence-corrected chi connectivity index (χ2v) is 7.12. The topological polar surface area (TPSA) is 59.4 Å². The fourth-order valence-electron chi connectivity index (χ4n) is 3.57. The first kappa shape index (κ1) is 19.2. The highest BCUT2D eigenvalue weighted by atomic mass is 35.5. The lowest BCUT2D eigenvalue weighted by molar-refractivity contribution is 0.672. The maximum Gasteiger partial charge on any atom is 0.0831 e. The molecule has 0 spiro atoms. The summed E-state index contributed by atoms with van der Waals surface area (Å²) < 4.78 is 1.90. The fourth-order valence-corrected chi connectivity index (χ4v) is 3.73. The third kappa shape index (κ3) is 3.87. The number of H-pyrrole nitrogens is 1. The first-order chi connectivity index (χ1) is 14.2. The van der Waals surface area contributed by atoms with Crippen molar-refractivity contribution >= 4 is 34.2 Å². The van der Waals surface area contributed by atoms with Crippen LogP contribution in [0.15, 0.2) is 61.7 Å². The highest BCUT2D eigenvalue weighted by Gasteiger charge is 2.11. The number of hydrogen-bond acceptors (Lipinski definition) is 3. The van der Waals surface area contributed by atoms with Crippen LogP contribution in [0.25, 0.3) is 22.6 Å². The number of allylic oxidation sites excluding steroid dienone is 1. The number of aromatic nitrogens is 5. The number of alkyl halides is 1. The van der Waals surface area contributed by atoms with Gasteiger partial charge in [-0.25, -0.2) is 0 Å². The van der Waals surface area contributed by atoms with Crippen LogP contribution in [0.1, 0.15) is 23.4 Å². The number of pyridine rings is 2. The summed E-state index contributed by atoms with van der Waals surface area (Å²) in [4.78, 5) is 12.4. The van der Waals surface area contributed by atoms with E-state index in [-0.39, 0.29) is 0 Å². The first-order valence-corrected chi connectivity index (χ1v) is 10.0. The van der Waals surface area contributed by atoms with Crippen molar-refractivity contribution in [2.45, 2.75) is 19.9 Å². The SMILES string of the molecule is C=CC/C(c1cnn(Cc2ccccn2)c1)=c1/[nH]c2c(C)nccc2/c1=C/CCl. The molecule has 0 aliphatic heterocycles. The molecule has 5 nitrogen and oxygen atoms in total. The van der Waals surface area contributed by atoms with Crippen molar-refractivity contribution in [1.29, 1.82) is 0 Å². The second-order valence-electron chi connectivity index (χ2n) is 6.81. The Morgan fingerprint density at radius 2 is 2.14 bits per heavy atom. The molecule has 4 aromatic rings. The normalized spacial score (nSPS) is 13.1. The maximum absolute atomic E-state index is 6.09. The fraction of sp³-hybridized carbons (Fsp3) is 0.174. The van der Waals surface area contributed by atoms with Gasteiger partial charge in [-0.2, -0.15) is 5.10 Å². The zero-order chi connectivity index (χ0) is 20.2. The molecule has 146 valence electrons. The van der Waals surface area contributed by atoms with E-state index in [4.69, 9.17) is 11.6 Å². The molecule has 0 saturated heterocycles. The molecule has 0 unspecified atom stereocenters. The molecule has 0 radical (unpaired) electrons. The highest BCUT2D eigenvalue weighted by Crippen LogP contribution is 2.16. The molecule has 0 bridgehead atoms. The van der Waals surface area contributed by atoms with E-state index in [9.17, 15) is 0 Å². The van der Waals surface area contributed by atoms with Crippen molar-refractivity contribution in [2.75, 3.05) is 5.88 Å². The van der Waals surface area contributed by atoms with Gasteiger partial charge in [-0.1, -0.05) is 18.2 Å². The van der Waals surface area contributed by atoms with Crippen molar-refractivity contribution < 1.29 is 0 Å². The van der Waals surface area contributed by atoms with Crippen LogP contribution in [0.4, 0.5) is 0 Å². The maximum atomic E-state index is 6.09. The van der Waals surface area contributed by atoms with Gasteiger partial charge in [-0.15, -0.1) is 18.2 Å². The van der Waals surface area contributed by atoms with Crippen LogP contribution in [0.3, 0.4) is 0 Å². The zero-order valence-electron chi connectivity index (χ0n) is 16.3. The lowest BCUT2D eigenvalue weighted by Gasteiger charge is -2.02. The van der Waals surface area contributed by atoms with Gasteiger partial charge < -0.3 is 4.98 Å². The molecule has 0 aromatic carbocycles. The lowest BCUT2D eigenvalue weighted by atomic mass is 10.1. The predicted molar refractivity (Wildman–Crippen MR) is 118 cm³/mol. The number of fused-ring (bicyclic) bond motifs is 1. The molecule has 1 N–H and O–H groups in total. The van der Waals surface area contributed by atoms with Crippen molar-refractivity contribution in [2.24, 2.45) is 0 Å². The average Bonchev–Trinajstić information content (AvgIpc) is 3.33. The Bertz CT molecular complexity index is 1270. The van der Waals surface area contributed by atoms with E-state index >= 15 is 0 Å². The summed E-state index contributed by atoms with van der Waals surface area (Å²) in [6.07, 6.45) is 12.2. The van der Waals surface area contributed by atoms with E-state index in [2.05, 4.69) is 32.8 Å². The zero-order valence-corrected chi connectivity index (χ0v) is 17.0. The Kier molecular flexibility index (Phi) is 5.58. The molecule has 4 rings (SSSR count). The lowest BCUT2D eigenvalue weighted by Crippen LogP contribution is -2.26. The molecular formula is C23H22ClN5. The summed E-state index contributed by atoms with van der Waals surface area (Å²) in [7, 11) is 0. The average molecular weight is 404 g/mol. The minimum Gasteiger partial charge on any atom is -0.353 e. The van der Waals surface area contributed by atoms with Gasteiger partial charge in [0, 0.05) is 40.6 Å². The van der Waals surface area contributed by atoms with Crippen LogP contribution in [0, 0.1) is 6.92 Å². The van der Waals surface area contributed by atoms with Crippen LogP contribution in [0.5, 0.6) is 0 Å². The minimum atomic E-state index is 0.432. The highest BCUT2D eigenvalue weighted by molar-refractivity contribution is 6.21. The molecule has 0 amide bonds. The van der Waals surface area contributed by atoms with E-state index in [1.165, 1.54) is 0 Å². The Balaban J connectivity index is 1.90. The molecule has 29 heavy (non-hydrogen) atoms. The number of nitrogens with zero attached hydrogens (tertiary/aromatic N) is 4. The number of halogens is 1. The molecule has 0 saturated carbocycles. The number of rotatable bonds is 6. The van der Waals surface area contributed by atoms with E-state index in [1.54, 1.807) is 6.20 Å². The van der Waals surface area contributed by atoms with Gasteiger partial charge in [-0.3, -0.25) is 14.6 Å². The Hall–Kier alpha value is -3.18. The summed E-state index contributed by atoms with van der Waals surface area (Å²) in [6, 6.07) is 7.92. The van der Waals surface area contributed by atoms with E-state index in [0.717, 1.165) is 44.0 Å². The smallest absolute Gasteiger partial charge is 0.0831 e. The quantitative estimate of drug-likeness (QED) is 0.397. The Morgan fingerprint density at radius 1 is 1.24 bits per heavy atom.